The quantitative estimate of drug-likeness (QED) is 0.689. The van der Waals surface area contributed by atoms with Crippen molar-refractivity contribution in [2.75, 3.05) is 6.54 Å². The van der Waals surface area contributed by atoms with Crippen LogP contribution in [0.3, 0.4) is 0 Å². The lowest BCUT2D eigenvalue weighted by molar-refractivity contribution is 0.759. The second-order valence-corrected chi connectivity index (χ2v) is 3.77. The minimum atomic E-state index is 0.530. The molecule has 86 valence electrons. The molecule has 6 nitrogen and oxygen atoms in total. The number of fused-ring (bicyclic) bond motifs is 1. The Morgan fingerprint density at radius 1 is 1.29 bits per heavy atom. The fourth-order valence-electron chi connectivity index (χ4n) is 1.91. The Kier molecular flexibility index (Phi) is 2.34. The van der Waals surface area contributed by atoms with E-state index in [0.717, 1.165) is 22.4 Å². The molecule has 0 bridgehead atoms. The number of para-hydroxylation sites is 1. The number of benzene rings is 1. The third-order valence-corrected chi connectivity index (χ3v) is 2.70. The maximum absolute atomic E-state index is 5.54. The van der Waals surface area contributed by atoms with Crippen LogP contribution < -0.4 is 5.73 Å². The average Bonchev–Trinajstić information content (AvgIpc) is 2.95. The fourth-order valence-corrected chi connectivity index (χ4v) is 1.91. The van der Waals surface area contributed by atoms with Gasteiger partial charge in [-0.3, -0.25) is 0 Å². The van der Waals surface area contributed by atoms with E-state index in [1.165, 1.54) is 0 Å². The lowest BCUT2D eigenvalue weighted by Gasteiger charge is -2.01. The van der Waals surface area contributed by atoms with Crippen molar-refractivity contribution in [1.82, 2.24) is 25.2 Å². The van der Waals surface area contributed by atoms with Crippen molar-refractivity contribution >= 4 is 10.9 Å². The van der Waals surface area contributed by atoms with Crippen molar-refractivity contribution in [3.05, 3.63) is 36.3 Å². The zero-order valence-corrected chi connectivity index (χ0v) is 9.17. The molecule has 0 amide bonds. The Hall–Kier alpha value is -2.21. The van der Waals surface area contributed by atoms with Crippen LogP contribution in [-0.4, -0.2) is 31.7 Å². The molecule has 0 aliphatic rings. The lowest BCUT2D eigenvalue weighted by atomic mass is 10.2. The number of aromatic amines is 1. The van der Waals surface area contributed by atoms with Gasteiger partial charge in [0, 0.05) is 23.5 Å². The molecule has 17 heavy (non-hydrogen) atoms. The number of tetrazole rings is 1. The molecule has 0 fully saturated rings. The highest BCUT2D eigenvalue weighted by molar-refractivity contribution is 5.88. The first kappa shape index (κ1) is 9.98. The second kappa shape index (κ2) is 3.99. The van der Waals surface area contributed by atoms with Crippen LogP contribution >= 0.6 is 0 Å². The molecule has 2 heterocycles. The Morgan fingerprint density at radius 3 is 3.06 bits per heavy atom. The monoisotopic (exact) mass is 228 g/mol. The molecule has 0 unspecified atom stereocenters. The number of nitrogens with one attached hydrogen (secondary N) is 1. The summed E-state index contributed by atoms with van der Waals surface area (Å²) >= 11 is 0. The summed E-state index contributed by atoms with van der Waals surface area (Å²) in [6, 6.07) is 8.04. The van der Waals surface area contributed by atoms with Crippen LogP contribution in [0.5, 0.6) is 0 Å². The van der Waals surface area contributed by atoms with Crippen molar-refractivity contribution in [2.24, 2.45) is 5.73 Å². The molecule has 0 radical (unpaired) electrons. The molecule has 0 aliphatic heterocycles. The van der Waals surface area contributed by atoms with Gasteiger partial charge < -0.3 is 10.7 Å². The summed E-state index contributed by atoms with van der Waals surface area (Å²) < 4.78 is 1.73. The van der Waals surface area contributed by atoms with E-state index in [9.17, 15) is 0 Å². The number of hydrogen-bond donors (Lipinski definition) is 2. The summed E-state index contributed by atoms with van der Waals surface area (Å²) in [7, 11) is 0. The highest BCUT2D eigenvalue weighted by Gasteiger charge is 2.11. The molecule has 3 aromatic rings. The Balaban J connectivity index is 2.17. The average molecular weight is 228 g/mol. The van der Waals surface area contributed by atoms with Crippen molar-refractivity contribution in [1.29, 1.82) is 0 Å². The summed E-state index contributed by atoms with van der Waals surface area (Å²) in [5, 5.41) is 12.8. The predicted octanol–water partition coefficient (Wildman–Crippen LogP) is 0.645. The van der Waals surface area contributed by atoms with Gasteiger partial charge >= 0.3 is 0 Å². The van der Waals surface area contributed by atoms with Crippen LogP contribution in [0.4, 0.5) is 0 Å². The minimum absolute atomic E-state index is 0.530. The fraction of sp³-hybridized carbons (Fsp3) is 0.182. The number of nitrogens with two attached hydrogens (primary N) is 1. The molecule has 0 spiro atoms. The van der Waals surface area contributed by atoms with Gasteiger partial charge in [0.15, 0.2) is 5.82 Å². The van der Waals surface area contributed by atoms with E-state index in [4.69, 9.17) is 5.73 Å². The van der Waals surface area contributed by atoms with Gasteiger partial charge in [-0.1, -0.05) is 18.2 Å². The van der Waals surface area contributed by atoms with Crippen molar-refractivity contribution < 1.29 is 0 Å². The normalized spacial score (nSPS) is 11.1. The molecule has 6 heteroatoms. The number of nitrogens with zero attached hydrogens (tertiary/aromatic N) is 4. The summed E-state index contributed by atoms with van der Waals surface area (Å²) in [4.78, 5) is 3.20. The van der Waals surface area contributed by atoms with Gasteiger partial charge in [0.05, 0.1) is 5.69 Å². The van der Waals surface area contributed by atoms with E-state index >= 15 is 0 Å². The standard InChI is InChI=1S/C11H12N6/c12-6-5-11-14-15-16-17(11)10-7-13-9-4-2-1-3-8(9)10/h1-4,7,13H,5-6,12H2. The van der Waals surface area contributed by atoms with Gasteiger partial charge in [0.1, 0.15) is 0 Å². The van der Waals surface area contributed by atoms with E-state index in [1.54, 1.807) is 4.68 Å². The molecule has 3 rings (SSSR count). The SMILES string of the molecule is NCCc1nnnn1-c1c[nH]c2ccccc12. The number of hydrogen-bond acceptors (Lipinski definition) is 4. The zero-order chi connectivity index (χ0) is 11.7. The van der Waals surface area contributed by atoms with E-state index < -0.39 is 0 Å². The predicted molar refractivity (Wildman–Crippen MR) is 63.8 cm³/mol. The lowest BCUT2D eigenvalue weighted by Crippen LogP contribution is -2.09. The first-order chi connectivity index (χ1) is 8.40. The first-order valence-electron chi connectivity index (χ1n) is 5.44. The Bertz CT molecular complexity index is 638. The zero-order valence-electron chi connectivity index (χ0n) is 9.17. The van der Waals surface area contributed by atoms with Crippen LogP contribution in [0.25, 0.3) is 16.6 Å². The molecule has 0 saturated heterocycles. The Morgan fingerprint density at radius 2 is 2.18 bits per heavy atom. The number of aromatic nitrogens is 5. The van der Waals surface area contributed by atoms with Crippen LogP contribution in [0.15, 0.2) is 30.5 Å². The maximum Gasteiger partial charge on any atom is 0.158 e. The van der Waals surface area contributed by atoms with Crippen molar-refractivity contribution in [3.63, 3.8) is 0 Å². The third kappa shape index (κ3) is 1.58. The summed E-state index contributed by atoms with van der Waals surface area (Å²) in [6.45, 7) is 0.530. The number of rotatable bonds is 3. The minimum Gasteiger partial charge on any atom is -0.359 e. The number of H-pyrrole nitrogens is 1. The van der Waals surface area contributed by atoms with Gasteiger partial charge in [-0.15, -0.1) is 5.10 Å². The van der Waals surface area contributed by atoms with Crippen LogP contribution in [0.2, 0.25) is 0 Å². The molecular formula is C11H12N6. The van der Waals surface area contributed by atoms with Crippen LogP contribution in [0, 0.1) is 0 Å². The van der Waals surface area contributed by atoms with Gasteiger partial charge in [0.25, 0.3) is 0 Å². The highest BCUT2D eigenvalue weighted by Crippen LogP contribution is 2.21. The summed E-state index contributed by atoms with van der Waals surface area (Å²) in [5.74, 6) is 0.775. The van der Waals surface area contributed by atoms with E-state index in [0.29, 0.717) is 13.0 Å². The largest absolute Gasteiger partial charge is 0.359 e. The molecule has 0 aliphatic carbocycles. The van der Waals surface area contributed by atoms with E-state index in [-0.39, 0.29) is 0 Å². The van der Waals surface area contributed by atoms with E-state index in [2.05, 4.69) is 20.5 Å². The van der Waals surface area contributed by atoms with Crippen molar-refractivity contribution in [3.8, 4) is 5.69 Å². The molecule has 3 N–H and O–H groups in total. The summed E-state index contributed by atoms with van der Waals surface area (Å²) in [6.07, 6.45) is 2.56. The molecule has 2 aromatic heterocycles. The second-order valence-electron chi connectivity index (χ2n) is 3.77. The van der Waals surface area contributed by atoms with Gasteiger partial charge in [-0.25, -0.2) is 0 Å². The topological polar surface area (TPSA) is 85.4 Å². The summed E-state index contributed by atoms with van der Waals surface area (Å²) in [5.41, 5.74) is 7.56. The molecule has 0 atom stereocenters. The van der Waals surface area contributed by atoms with Gasteiger partial charge in [0.2, 0.25) is 0 Å². The van der Waals surface area contributed by atoms with Crippen LogP contribution in [0.1, 0.15) is 5.82 Å². The first-order valence-corrected chi connectivity index (χ1v) is 5.44. The molecule has 1 aromatic carbocycles. The highest BCUT2D eigenvalue weighted by atomic mass is 15.5. The third-order valence-electron chi connectivity index (χ3n) is 2.70. The van der Waals surface area contributed by atoms with Gasteiger partial charge in [-0.05, 0) is 23.0 Å². The smallest absolute Gasteiger partial charge is 0.158 e. The molecule has 0 saturated carbocycles. The Labute approximate surface area is 97.4 Å². The van der Waals surface area contributed by atoms with E-state index in [1.807, 2.05) is 30.5 Å². The van der Waals surface area contributed by atoms with Crippen LogP contribution in [-0.2, 0) is 6.42 Å². The van der Waals surface area contributed by atoms with Gasteiger partial charge in [-0.2, -0.15) is 4.68 Å². The molecular weight excluding hydrogens is 216 g/mol. The van der Waals surface area contributed by atoms with Crippen molar-refractivity contribution in [2.45, 2.75) is 6.42 Å². The maximum atomic E-state index is 5.54.